The van der Waals surface area contributed by atoms with E-state index in [1.165, 1.54) is 6.07 Å². The molecule has 0 saturated heterocycles. The van der Waals surface area contributed by atoms with Crippen molar-refractivity contribution in [2.45, 2.75) is 19.4 Å². The van der Waals surface area contributed by atoms with Gasteiger partial charge >= 0.3 is 0 Å². The Hall–Kier alpha value is -1.22. The molecule has 0 radical (unpaired) electrons. The highest BCUT2D eigenvalue weighted by atomic mass is 19.2. The van der Waals surface area contributed by atoms with Gasteiger partial charge in [-0.1, -0.05) is 18.2 Å². The van der Waals surface area contributed by atoms with Crippen LogP contribution in [0.1, 0.15) is 12.5 Å². The molecule has 82 valence electrons. The van der Waals surface area contributed by atoms with Crippen LogP contribution in [0.2, 0.25) is 0 Å². The Kier molecular flexibility index (Phi) is 3.97. The third-order valence-electron chi connectivity index (χ3n) is 2.37. The fraction of sp³-hybridized carbons (Fsp3) is 0.333. The van der Waals surface area contributed by atoms with Crippen LogP contribution in [0.4, 0.5) is 8.78 Å². The van der Waals surface area contributed by atoms with Crippen molar-refractivity contribution in [3.8, 4) is 0 Å². The fourth-order valence-electron chi connectivity index (χ4n) is 1.43. The Morgan fingerprint density at radius 3 is 2.53 bits per heavy atom. The number of benzene rings is 1. The van der Waals surface area contributed by atoms with Crippen molar-refractivity contribution in [1.82, 2.24) is 5.32 Å². The van der Waals surface area contributed by atoms with E-state index >= 15 is 0 Å². The summed E-state index contributed by atoms with van der Waals surface area (Å²) in [6.45, 7) is 5.74. The maximum atomic E-state index is 12.9. The molecule has 1 nitrogen and oxygen atoms in total. The first-order valence-corrected chi connectivity index (χ1v) is 4.81. The van der Waals surface area contributed by atoms with Crippen LogP contribution in [0.15, 0.2) is 30.4 Å². The molecule has 0 aliphatic heterocycles. The van der Waals surface area contributed by atoms with Crippen molar-refractivity contribution in [3.63, 3.8) is 0 Å². The van der Waals surface area contributed by atoms with Crippen molar-refractivity contribution in [2.75, 3.05) is 7.05 Å². The predicted molar refractivity (Wildman–Crippen MR) is 57.7 cm³/mol. The lowest BCUT2D eigenvalue weighted by molar-refractivity contribution is 0.505. The lowest BCUT2D eigenvalue weighted by atomic mass is 10.0. The molecule has 0 spiro atoms. The van der Waals surface area contributed by atoms with Crippen molar-refractivity contribution in [2.24, 2.45) is 0 Å². The summed E-state index contributed by atoms with van der Waals surface area (Å²) in [7, 11) is 1.82. The molecule has 1 N–H and O–H groups in total. The van der Waals surface area contributed by atoms with Gasteiger partial charge in [0.1, 0.15) is 0 Å². The van der Waals surface area contributed by atoms with Crippen LogP contribution >= 0.6 is 0 Å². The summed E-state index contributed by atoms with van der Waals surface area (Å²) in [6.07, 6.45) is 0.614. The van der Waals surface area contributed by atoms with Crippen LogP contribution in [0.3, 0.4) is 0 Å². The molecule has 0 heterocycles. The summed E-state index contributed by atoms with van der Waals surface area (Å²) in [5.74, 6) is -1.61. The lowest BCUT2D eigenvalue weighted by Gasteiger charge is -2.16. The zero-order valence-corrected chi connectivity index (χ0v) is 8.98. The molecule has 15 heavy (non-hydrogen) atoms. The van der Waals surface area contributed by atoms with E-state index in [-0.39, 0.29) is 6.04 Å². The zero-order chi connectivity index (χ0) is 11.4. The summed E-state index contributed by atoms with van der Waals surface area (Å²) >= 11 is 0. The van der Waals surface area contributed by atoms with E-state index in [2.05, 4.69) is 11.9 Å². The van der Waals surface area contributed by atoms with Crippen molar-refractivity contribution < 1.29 is 8.78 Å². The second kappa shape index (κ2) is 5.03. The van der Waals surface area contributed by atoms with Crippen LogP contribution in [-0.4, -0.2) is 13.1 Å². The van der Waals surface area contributed by atoms with Crippen LogP contribution in [-0.2, 0) is 6.42 Å². The number of nitrogens with one attached hydrogen (secondary N) is 1. The first-order chi connectivity index (χ1) is 7.04. The maximum absolute atomic E-state index is 12.9. The third kappa shape index (κ3) is 3.13. The molecule has 0 aromatic heterocycles. The van der Waals surface area contributed by atoms with Gasteiger partial charge in [0, 0.05) is 6.04 Å². The van der Waals surface area contributed by atoms with Gasteiger partial charge in [0.25, 0.3) is 0 Å². The maximum Gasteiger partial charge on any atom is 0.159 e. The number of halogens is 2. The first-order valence-electron chi connectivity index (χ1n) is 4.81. The van der Waals surface area contributed by atoms with Crippen molar-refractivity contribution in [3.05, 3.63) is 47.5 Å². The molecule has 1 rings (SSSR count). The summed E-state index contributed by atoms with van der Waals surface area (Å²) < 4.78 is 25.6. The van der Waals surface area contributed by atoms with E-state index in [4.69, 9.17) is 0 Å². The van der Waals surface area contributed by atoms with Crippen molar-refractivity contribution in [1.29, 1.82) is 0 Å². The Bertz CT molecular complexity index is 361. The van der Waals surface area contributed by atoms with Crippen LogP contribution < -0.4 is 5.32 Å². The van der Waals surface area contributed by atoms with E-state index < -0.39 is 11.6 Å². The second-order valence-electron chi connectivity index (χ2n) is 3.64. The van der Waals surface area contributed by atoms with Crippen molar-refractivity contribution >= 4 is 0 Å². The average molecular weight is 211 g/mol. The zero-order valence-electron chi connectivity index (χ0n) is 8.98. The second-order valence-corrected chi connectivity index (χ2v) is 3.64. The molecule has 1 aromatic carbocycles. The summed E-state index contributed by atoms with van der Waals surface area (Å²) in [5, 5.41) is 3.07. The van der Waals surface area contributed by atoms with Gasteiger partial charge < -0.3 is 5.32 Å². The topological polar surface area (TPSA) is 12.0 Å². The monoisotopic (exact) mass is 211 g/mol. The molecule has 0 fully saturated rings. The van der Waals surface area contributed by atoms with E-state index in [1.807, 2.05) is 14.0 Å². The van der Waals surface area contributed by atoms with Gasteiger partial charge in [-0.05, 0) is 38.1 Å². The van der Waals surface area contributed by atoms with Gasteiger partial charge in [-0.2, -0.15) is 0 Å². The van der Waals surface area contributed by atoms with Gasteiger partial charge in [-0.15, -0.1) is 0 Å². The van der Waals surface area contributed by atoms with Gasteiger partial charge in [-0.3, -0.25) is 0 Å². The van der Waals surface area contributed by atoms with Gasteiger partial charge in [0.2, 0.25) is 0 Å². The largest absolute Gasteiger partial charge is 0.313 e. The third-order valence-corrected chi connectivity index (χ3v) is 2.37. The average Bonchev–Trinajstić information content (AvgIpc) is 2.19. The van der Waals surface area contributed by atoms with E-state index in [1.54, 1.807) is 6.07 Å². The molecule has 1 aromatic rings. The predicted octanol–water partition coefficient (Wildman–Crippen LogP) is 2.67. The van der Waals surface area contributed by atoms with Crippen LogP contribution in [0.5, 0.6) is 0 Å². The smallest absolute Gasteiger partial charge is 0.159 e. The SMILES string of the molecule is C=C(C)[C@H](Cc1ccc(F)c(F)c1)NC. The summed E-state index contributed by atoms with van der Waals surface area (Å²) in [4.78, 5) is 0. The number of likely N-dealkylation sites (N-methyl/N-ethyl adjacent to an activating group) is 1. The highest BCUT2D eigenvalue weighted by Gasteiger charge is 2.09. The molecule has 0 unspecified atom stereocenters. The molecular weight excluding hydrogens is 196 g/mol. The molecule has 3 heteroatoms. The highest BCUT2D eigenvalue weighted by molar-refractivity contribution is 5.21. The van der Waals surface area contributed by atoms with Gasteiger partial charge in [0.15, 0.2) is 11.6 Å². The lowest BCUT2D eigenvalue weighted by Crippen LogP contribution is -2.28. The number of hydrogen-bond donors (Lipinski definition) is 1. The Balaban J connectivity index is 2.80. The number of hydrogen-bond acceptors (Lipinski definition) is 1. The summed E-state index contributed by atoms with van der Waals surface area (Å²) in [5.41, 5.74) is 1.73. The quantitative estimate of drug-likeness (QED) is 0.755. The Labute approximate surface area is 88.8 Å². The standard InChI is InChI=1S/C12H15F2N/c1-8(2)12(15-3)7-9-4-5-10(13)11(14)6-9/h4-6,12,15H,1,7H2,2-3H3/t12-/m0/s1. The molecule has 0 amide bonds. The van der Waals surface area contributed by atoms with Crippen LogP contribution in [0.25, 0.3) is 0 Å². The first kappa shape index (κ1) is 11.9. The molecule has 0 saturated carbocycles. The van der Waals surface area contributed by atoms with Crippen LogP contribution in [0, 0.1) is 11.6 Å². The molecule has 1 atom stereocenters. The van der Waals surface area contributed by atoms with Gasteiger partial charge in [-0.25, -0.2) is 8.78 Å². The minimum atomic E-state index is -0.810. The van der Waals surface area contributed by atoms with Gasteiger partial charge in [0.05, 0.1) is 0 Å². The molecular formula is C12H15F2N. The molecule has 0 aliphatic carbocycles. The molecule has 0 aliphatic rings. The number of rotatable bonds is 4. The molecule has 0 bridgehead atoms. The minimum absolute atomic E-state index is 0.0925. The van der Waals surface area contributed by atoms with E-state index in [0.717, 1.165) is 17.2 Å². The van der Waals surface area contributed by atoms with E-state index in [9.17, 15) is 8.78 Å². The Morgan fingerprint density at radius 1 is 1.40 bits per heavy atom. The highest BCUT2D eigenvalue weighted by Crippen LogP contribution is 2.12. The Morgan fingerprint density at radius 2 is 2.07 bits per heavy atom. The fourth-order valence-corrected chi connectivity index (χ4v) is 1.43. The van der Waals surface area contributed by atoms with E-state index in [0.29, 0.717) is 6.42 Å². The minimum Gasteiger partial charge on any atom is -0.313 e. The summed E-state index contributed by atoms with van der Waals surface area (Å²) in [6, 6.07) is 4.05. The normalized spacial score (nSPS) is 12.5.